The first kappa shape index (κ1) is 28.3. The first-order valence-corrected chi connectivity index (χ1v) is 13.9. The van der Waals surface area contributed by atoms with E-state index < -0.39 is 44.9 Å². The van der Waals surface area contributed by atoms with Gasteiger partial charge in [-0.15, -0.1) is 0 Å². The molecular weight excluding hydrogens is 566 g/mol. The van der Waals surface area contributed by atoms with Gasteiger partial charge in [0.25, 0.3) is 11.8 Å². The molecule has 0 bridgehead atoms. The molecule has 214 valence electrons. The highest BCUT2D eigenvalue weighted by Crippen LogP contribution is 2.29. The van der Waals surface area contributed by atoms with Crippen LogP contribution in [0.15, 0.2) is 65.8 Å². The van der Waals surface area contributed by atoms with E-state index in [-0.39, 0.29) is 24.5 Å². The number of rotatable bonds is 7. The van der Waals surface area contributed by atoms with Gasteiger partial charge in [-0.3, -0.25) is 9.78 Å². The van der Waals surface area contributed by atoms with Crippen molar-refractivity contribution in [2.24, 2.45) is 5.73 Å². The number of hydrogen-bond donors (Lipinski definition) is 2. The molecule has 0 radical (unpaired) electrons. The average Bonchev–Trinajstić information content (AvgIpc) is 2.97. The number of sulfone groups is 1. The van der Waals surface area contributed by atoms with Gasteiger partial charge in [0.2, 0.25) is 15.8 Å². The number of hydrogen-bond acceptors (Lipinski definition) is 9. The molecule has 4 aromatic rings. The Labute approximate surface area is 231 Å². The number of alkyl halides is 4. The Hall–Kier alpha value is -4.24. The maximum Gasteiger partial charge on any atom is 0.341 e. The molecule has 1 aromatic carbocycles. The zero-order chi connectivity index (χ0) is 29.4. The smallest absolute Gasteiger partial charge is 0.341 e. The van der Waals surface area contributed by atoms with E-state index >= 15 is 0 Å². The highest BCUT2D eigenvalue weighted by Gasteiger charge is 2.43. The SMILES string of the molecule is NC1CCN(c2nccc(-c3ccc4cnc(CNC(=O)c5cccc(S(=O)(=O)C(F)F)c5)cc4n3)n2)CC1(F)F. The molecule has 0 saturated carbocycles. The number of carbonyl (C=O) groups excluding carboxylic acids is 1. The van der Waals surface area contributed by atoms with E-state index in [0.717, 1.165) is 12.1 Å². The number of aromatic nitrogens is 4. The standard InChI is InChI=1S/C26H23F4N7O3S/c27-24(28)41(39,40)18-3-1-2-15(10-18)23(38)34-13-17-11-21-16(12-33-17)4-5-19(35-21)20-6-8-32-25(36-20)37-9-7-22(31)26(29,30)14-37/h1-6,8,10-12,22,24H,7,9,13-14,31H2,(H,34,38). The summed E-state index contributed by atoms with van der Waals surface area (Å²) >= 11 is 0. The Kier molecular flexibility index (Phi) is 7.57. The van der Waals surface area contributed by atoms with E-state index in [1.165, 1.54) is 23.2 Å². The van der Waals surface area contributed by atoms with Gasteiger partial charge in [0.05, 0.1) is 46.6 Å². The van der Waals surface area contributed by atoms with Crippen LogP contribution < -0.4 is 16.0 Å². The van der Waals surface area contributed by atoms with Crippen molar-refractivity contribution >= 4 is 32.6 Å². The van der Waals surface area contributed by atoms with Gasteiger partial charge >= 0.3 is 5.76 Å². The van der Waals surface area contributed by atoms with Crippen LogP contribution in [0.3, 0.4) is 0 Å². The summed E-state index contributed by atoms with van der Waals surface area (Å²) in [4.78, 5) is 30.8. The number of pyridine rings is 2. The summed E-state index contributed by atoms with van der Waals surface area (Å²) in [6, 6.07) is 9.87. The third-order valence-electron chi connectivity index (χ3n) is 6.56. The number of nitrogens with two attached hydrogens (primary N) is 1. The molecule has 1 atom stereocenters. The second-order valence-electron chi connectivity index (χ2n) is 9.40. The first-order chi connectivity index (χ1) is 19.4. The summed E-state index contributed by atoms with van der Waals surface area (Å²) in [6.45, 7) is -0.357. The van der Waals surface area contributed by atoms with Crippen LogP contribution >= 0.6 is 0 Å². The number of carbonyl (C=O) groups is 1. The van der Waals surface area contributed by atoms with Gasteiger partial charge in [-0.2, -0.15) is 8.78 Å². The Morgan fingerprint density at radius 3 is 2.63 bits per heavy atom. The molecule has 5 rings (SSSR count). The lowest BCUT2D eigenvalue weighted by Crippen LogP contribution is -2.55. The van der Waals surface area contributed by atoms with Crippen molar-refractivity contribution < 1.29 is 30.8 Å². The molecule has 1 fully saturated rings. The molecule has 0 spiro atoms. The van der Waals surface area contributed by atoms with Crippen LogP contribution in [-0.2, 0) is 16.4 Å². The van der Waals surface area contributed by atoms with Crippen molar-refractivity contribution in [3.63, 3.8) is 0 Å². The largest absolute Gasteiger partial charge is 0.346 e. The van der Waals surface area contributed by atoms with Crippen molar-refractivity contribution in [3.05, 3.63) is 72.2 Å². The summed E-state index contributed by atoms with van der Waals surface area (Å²) in [7, 11) is -4.85. The zero-order valence-electron chi connectivity index (χ0n) is 21.2. The Bertz CT molecular complexity index is 1720. The van der Waals surface area contributed by atoms with Crippen LogP contribution in [0.5, 0.6) is 0 Å². The third-order valence-corrected chi connectivity index (χ3v) is 7.94. The number of halogens is 4. The summed E-state index contributed by atoms with van der Waals surface area (Å²) in [5.74, 6) is -7.22. The number of piperidine rings is 1. The molecule has 10 nitrogen and oxygen atoms in total. The fourth-order valence-corrected chi connectivity index (χ4v) is 5.02. The van der Waals surface area contributed by atoms with Crippen LogP contribution in [0, 0.1) is 0 Å². The predicted octanol–water partition coefficient (Wildman–Crippen LogP) is 3.19. The van der Waals surface area contributed by atoms with Crippen LogP contribution in [0.4, 0.5) is 23.5 Å². The van der Waals surface area contributed by atoms with Crippen LogP contribution in [0.25, 0.3) is 22.3 Å². The lowest BCUT2D eigenvalue weighted by molar-refractivity contribution is -0.0303. The maximum absolute atomic E-state index is 14.2. The molecule has 3 N–H and O–H groups in total. The second kappa shape index (κ2) is 11.0. The molecule has 41 heavy (non-hydrogen) atoms. The maximum atomic E-state index is 14.2. The van der Waals surface area contributed by atoms with Crippen LogP contribution in [-0.4, -0.2) is 65.1 Å². The fraction of sp³-hybridized carbons (Fsp3) is 0.269. The van der Waals surface area contributed by atoms with E-state index in [4.69, 9.17) is 5.73 Å². The van der Waals surface area contributed by atoms with Gasteiger partial charge in [-0.25, -0.2) is 32.2 Å². The molecule has 0 aliphatic carbocycles. The van der Waals surface area contributed by atoms with Gasteiger partial charge < -0.3 is 16.0 Å². The topological polar surface area (TPSA) is 144 Å². The number of nitrogens with one attached hydrogen (secondary N) is 1. The molecule has 1 unspecified atom stereocenters. The highest BCUT2D eigenvalue weighted by molar-refractivity contribution is 7.91. The summed E-state index contributed by atoms with van der Waals surface area (Å²) in [5, 5.41) is 3.27. The van der Waals surface area contributed by atoms with Gasteiger partial charge in [0.15, 0.2) is 0 Å². The van der Waals surface area contributed by atoms with Gasteiger partial charge in [0.1, 0.15) is 0 Å². The van der Waals surface area contributed by atoms with Gasteiger partial charge in [-0.1, -0.05) is 6.07 Å². The van der Waals surface area contributed by atoms with Crippen molar-refractivity contribution in [3.8, 4) is 11.4 Å². The molecular formula is C26H23F4N7O3S. The van der Waals surface area contributed by atoms with Crippen LogP contribution in [0.2, 0.25) is 0 Å². The average molecular weight is 590 g/mol. The van der Waals surface area contributed by atoms with Crippen molar-refractivity contribution in [2.75, 3.05) is 18.0 Å². The minimum atomic E-state index is -4.85. The van der Waals surface area contributed by atoms with E-state index in [2.05, 4.69) is 25.3 Å². The minimum Gasteiger partial charge on any atom is -0.346 e. The Morgan fingerprint density at radius 2 is 1.88 bits per heavy atom. The lowest BCUT2D eigenvalue weighted by Gasteiger charge is -2.36. The van der Waals surface area contributed by atoms with Crippen LogP contribution in [0.1, 0.15) is 22.5 Å². The van der Waals surface area contributed by atoms with Crippen molar-refractivity contribution in [2.45, 2.75) is 35.6 Å². The van der Waals surface area contributed by atoms with Gasteiger partial charge in [0, 0.05) is 29.9 Å². The van der Waals surface area contributed by atoms with Crippen molar-refractivity contribution in [1.29, 1.82) is 0 Å². The summed E-state index contributed by atoms with van der Waals surface area (Å²) in [6.07, 6.45) is 3.11. The molecule has 1 amide bonds. The number of anilines is 1. The second-order valence-corrected chi connectivity index (χ2v) is 11.3. The molecule has 1 saturated heterocycles. The quantitative estimate of drug-likeness (QED) is 0.311. The Morgan fingerprint density at radius 1 is 1.10 bits per heavy atom. The lowest BCUT2D eigenvalue weighted by atomic mass is 10.0. The predicted molar refractivity (Wildman–Crippen MR) is 141 cm³/mol. The zero-order valence-corrected chi connectivity index (χ0v) is 22.0. The minimum absolute atomic E-state index is 0.0601. The molecule has 1 aliphatic heterocycles. The molecule has 4 heterocycles. The number of benzene rings is 1. The number of amides is 1. The van der Waals surface area contributed by atoms with Gasteiger partial charge in [-0.05, 0) is 48.9 Å². The van der Waals surface area contributed by atoms with E-state index in [9.17, 15) is 30.8 Å². The summed E-state index contributed by atoms with van der Waals surface area (Å²) in [5.41, 5.74) is 7.23. The number of nitrogens with zero attached hydrogens (tertiary/aromatic N) is 5. The third kappa shape index (κ3) is 5.95. The molecule has 3 aromatic heterocycles. The Balaban J connectivity index is 1.33. The number of fused-ring (bicyclic) bond motifs is 1. The van der Waals surface area contributed by atoms with E-state index in [0.29, 0.717) is 34.5 Å². The first-order valence-electron chi connectivity index (χ1n) is 12.3. The fourth-order valence-electron chi connectivity index (χ4n) is 4.26. The van der Waals surface area contributed by atoms with E-state index in [1.54, 1.807) is 30.5 Å². The molecule has 1 aliphatic rings. The van der Waals surface area contributed by atoms with E-state index in [1.807, 2.05) is 0 Å². The highest BCUT2D eigenvalue weighted by atomic mass is 32.2. The monoisotopic (exact) mass is 589 g/mol. The summed E-state index contributed by atoms with van der Waals surface area (Å²) < 4.78 is 77.5. The molecule has 15 heteroatoms. The van der Waals surface area contributed by atoms with Crippen molar-refractivity contribution in [1.82, 2.24) is 25.3 Å². The normalized spacial score (nSPS) is 17.1.